The van der Waals surface area contributed by atoms with Gasteiger partial charge in [-0.2, -0.15) is 4.68 Å². The minimum atomic E-state index is -1.43. The Labute approximate surface area is 172 Å². The molecule has 1 aliphatic heterocycles. The smallest absolute Gasteiger partial charge is 0.303 e. The Morgan fingerprint density at radius 1 is 1.13 bits per heavy atom. The van der Waals surface area contributed by atoms with Crippen molar-refractivity contribution < 1.29 is 38.5 Å². The van der Waals surface area contributed by atoms with Gasteiger partial charge in [-0.15, -0.1) is 10.2 Å². The number of nitrogens with zero attached hydrogens (tertiary/aromatic N) is 5. The van der Waals surface area contributed by atoms with Gasteiger partial charge in [0, 0.05) is 20.8 Å². The van der Waals surface area contributed by atoms with Crippen LogP contribution in [0.4, 0.5) is 0 Å². The van der Waals surface area contributed by atoms with Crippen molar-refractivity contribution in [2.24, 2.45) is 0 Å². The Balaban J connectivity index is 2.07. The van der Waals surface area contributed by atoms with E-state index < -0.39 is 53.5 Å². The second-order valence-electron chi connectivity index (χ2n) is 6.23. The van der Waals surface area contributed by atoms with Gasteiger partial charge in [-0.05, 0) is 0 Å². The predicted octanol–water partition coefficient (Wildman–Crippen LogP) is -0.797. The number of ether oxygens (including phenoxy) is 4. The quantitative estimate of drug-likeness (QED) is 0.345. The molecular formula is C15H16ClN5O9. The van der Waals surface area contributed by atoms with E-state index in [1.54, 1.807) is 0 Å². The van der Waals surface area contributed by atoms with Gasteiger partial charge < -0.3 is 24.2 Å². The molecule has 1 N–H and O–H groups in total. The number of esters is 3. The van der Waals surface area contributed by atoms with Crippen LogP contribution in [0.15, 0.2) is 4.79 Å². The van der Waals surface area contributed by atoms with Crippen molar-refractivity contribution in [2.45, 2.75) is 45.3 Å². The zero-order chi connectivity index (χ0) is 22.2. The van der Waals surface area contributed by atoms with Crippen LogP contribution >= 0.6 is 11.6 Å². The molecule has 0 amide bonds. The maximum absolute atomic E-state index is 12.9. The van der Waals surface area contributed by atoms with Crippen molar-refractivity contribution in [3.8, 4) is 0 Å². The third-order valence-electron chi connectivity index (χ3n) is 4.04. The fourth-order valence-corrected chi connectivity index (χ4v) is 3.15. The maximum atomic E-state index is 12.9. The van der Waals surface area contributed by atoms with E-state index in [0.717, 1.165) is 20.8 Å². The minimum Gasteiger partial charge on any atom is -0.463 e. The van der Waals surface area contributed by atoms with Crippen LogP contribution in [-0.2, 0) is 33.3 Å². The van der Waals surface area contributed by atoms with E-state index in [4.69, 9.17) is 30.5 Å². The van der Waals surface area contributed by atoms with Gasteiger partial charge in [-0.25, -0.2) is 0 Å². The monoisotopic (exact) mass is 445 g/mol. The molecule has 15 heteroatoms. The molecule has 1 aliphatic rings. The van der Waals surface area contributed by atoms with Gasteiger partial charge in [0.05, 0.1) is 0 Å². The fourth-order valence-electron chi connectivity index (χ4n) is 2.95. The van der Waals surface area contributed by atoms with Crippen LogP contribution in [0.2, 0.25) is 5.15 Å². The van der Waals surface area contributed by atoms with Crippen LogP contribution in [0.1, 0.15) is 27.0 Å². The minimum absolute atomic E-state index is 0.171. The summed E-state index contributed by atoms with van der Waals surface area (Å²) in [7, 11) is 0. The second-order valence-corrected chi connectivity index (χ2v) is 6.59. The van der Waals surface area contributed by atoms with Crippen molar-refractivity contribution >= 4 is 40.5 Å². The number of carbonyl (C=O) groups is 3. The molecule has 0 radical (unpaired) electrons. The van der Waals surface area contributed by atoms with Crippen LogP contribution in [0, 0.1) is 0 Å². The Morgan fingerprint density at radius 3 is 2.37 bits per heavy atom. The number of hydrogen-bond acceptors (Lipinski definition) is 12. The van der Waals surface area contributed by atoms with Crippen LogP contribution in [0.3, 0.4) is 0 Å². The van der Waals surface area contributed by atoms with E-state index in [-0.39, 0.29) is 22.1 Å². The molecule has 0 bridgehead atoms. The number of halogens is 1. The van der Waals surface area contributed by atoms with Gasteiger partial charge in [0.2, 0.25) is 0 Å². The first-order valence-electron chi connectivity index (χ1n) is 8.46. The molecule has 0 spiro atoms. The molecule has 0 aromatic carbocycles. The molecule has 162 valence electrons. The molecule has 14 nitrogen and oxygen atoms in total. The zero-order valence-electron chi connectivity index (χ0n) is 15.8. The number of fused-ring (bicyclic) bond motifs is 1. The SMILES string of the molecule is CC(=O)OCC1OC(n2nnc3c(Cl)nn(O)c3c2=O)C(OC(C)=O)C1OC(C)=O. The van der Waals surface area contributed by atoms with Crippen LogP contribution in [-0.4, -0.2) is 73.0 Å². The summed E-state index contributed by atoms with van der Waals surface area (Å²) in [6, 6.07) is 0. The van der Waals surface area contributed by atoms with Crippen molar-refractivity contribution in [2.75, 3.05) is 6.61 Å². The van der Waals surface area contributed by atoms with E-state index in [9.17, 15) is 24.4 Å². The van der Waals surface area contributed by atoms with Crippen LogP contribution < -0.4 is 5.56 Å². The number of hydrogen-bond donors (Lipinski definition) is 1. The first-order valence-corrected chi connectivity index (χ1v) is 8.84. The maximum Gasteiger partial charge on any atom is 0.303 e. The van der Waals surface area contributed by atoms with Crippen LogP contribution in [0.25, 0.3) is 11.0 Å². The average molecular weight is 446 g/mol. The lowest BCUT2D eigenvalue weighted by atomic mass is 10.1. The van der Waals surface area contributed by atoms with Gasteiger partial charge >= 0.3 is 23.5 Å². The lowest BCUT2D eigenvalue weighted by Crippen LogP contribution is -2.42. The summed E-state index contributed by atoms with van der Waals surface area (Å²) in [5, 5.41) is 20.4. The summed E-state index contributed by atoms with van der Waals surface area (Å²) in [5.74, 6) is -2.13. The van der Waals surface area contributed by atoms with Crippen molar-refractivity contribution in [3.05, 3.63) is 15.5 Å². The van der Waals surface area contributed by atoms with Crippen molar-refractivity contribution in [3.63, 3.8) is 0 Å². The second kappa shape index (κ2) is 8.23. The Hall–Kier alpha value is -3.26. The molecule has 30 heavy (non-hydrogen) atoms. The first kappa shape index (κ1) is 21.4. The molecule has 3 heterocycles. The van der Waals surface area contributed by atoms with Gasteiger partial charge in [-0.1, -0.05) is 21.7 Å². The van der Waals surface area contributed by atoms with Crippen LogP contribution in [0.5, 0.6) is 0 Å². The van der Waals surface area contributed by atoms with E-state index in [0.29, 0.717) is 4.68 Å². The highest BCUT2D eigenvalue weighted by Crippen LogP contribution is 2.33. The molecule has 4 atom stereocenters. The molecule has 2 aromatic heterocycles. The van der Waals surface area contributed by atoms with E-state index in [1.807, 2.05) is 0 Å². The fraction of sp³-hybridized carbons (Fsp3) is 0.533. The average Bonchev–Trinajstić information content (AvgIpc) is 3.11. The lowest BCUT2D eigenvalue weighted by Gasteiger charge is -2.23. The van der Waals surface area contributed by atoms with Gasteiger partial charge in [0.15, 0.2) is 34.6 Å². The predicted molar refractivity (Wildman–Crippen MR) is 93.4 cm³/mol. The molecule has 4 unspecified atom stereocenters. The number of carbonyl (C=O) groups excluding carboxylic acids is 3. The first-order chi connectivity index (χ1) is 14.1. The Morgan fingerprint density at radius 2 is 1.77 bits per heavy atom. The standard InChI is InChI=1S/C15H16ClN5O9/c1-5(22)27-4-8-11(28-6(2)23)12(29-7(3)24)15(30-8)20-14(25)10-9(17-19-20)13(16)18-21(10)26/h8,11-12,15,26H,4H2,1-3H3. The molecule has 0 saturated carbocycles. The van der Waals surface area contributed by atoms with E-state index in [1.165, 1.54) is 0 Å². The number of rotatable bonds is 5. The highest BCUT2D eigenvalue weighted by Gasteiger charge is 2.51. The molecule has 0 aliphatic carbocycles. The largest absolute Gasteiger partial charge is 0.463 e. The zero-order valence-corrected chi connectivity index (χ0v) is 16.6. The summed E-state index contributed by atoms with van der Waals surface area (Å²) in [6.07, 6.45) is -5.11. The Kier molecular flexibility index (Phi) is 5.89. The van der Waals surface area contributed by atoms with Crippen molar-refractivity contribution in [1.29, 1.82) is 0 Å². The van der Waals surface area contributed by atoms with Gasteiger partial charge in [-0.3, -0.25) is 19.2 Å². The molecule has 2 aromatic rings. The highest BCUT2D eigenvalue weighted by atomic mass is 35.5. The summed E-state index contributed by atoms with van der Waals surface area (Å²) in [4.78, 5) is 47.5. The van der Waals surface area contributed by atoms with Crippen molar-refractivity contribution in [1.82, 2.24) is 24.9 Å². The highest BCUT2D eigenvalue weighted by molar-refractivity contribution is 6.33. The normalized spacial score (nSPS) is 23.3. The summed E-state index contributed by atoms with van der Waals surface area (Å²) in [5.41, 5.74) is -1.51. The molecule has 3 rings (SSSR count). The van der Waals surface area contributed by atoms with E-state index >= 15 is 0 Å². The third-order valence-corrected chi connectivity index (χ3v) is 4.29. The molecule has 1 saturated heterocycles. The summed E-state index contributed by atoms with van der Waals surface area (Å²) < 4.78 is 21.7. The van der Waals surface area contributed by atoms with Gasteiger partial charge in [0.25, 0.3) is 0 Å². The summed E-state index contributed by atoms with van der Waals surface area (Å²) in [6.45, 7) is 3.01. The number of aromatic nitrogens is 5. The Bertz CT molecular complexity index is 1070. The topological polar surface area (TPSA) is 174 Å². The third kappa shape index (κ3) is 4.04. The molecular weight excluding hydrogens is 430 g/mol. The van der Waals surface area contributed by atoms with Gasteiger partial charge in [0.1, 0.15) is 12.7 Å². The lowest BCUT2D eigenvalue weighted by molar-refractivity contribution is -0.166. The molecule has 1 fully saturated rings. The van der Waals surface area contributed by atoms with E-state index in [2.05, 4.69) is 15.4 Å². The summed E-state index contributed by atoms with van der Waals surface area (Å²) >= 11 is 5.78.